The van der Waals surface area contributed by atoms with Crippen LogP contribution in [-0.2, 0) is 17.8 Å². The van der Waals surface area contributed by atoms with Crippen LogP contribution in [0.25, 0.3) is 11.0 Å². The number of rotatable bonds is 11. The first-order valence-electron chi connectivity index (χ1n) is 12.5. The minimum Gasteiger partial charge on any atom is -0.493 e. The van der Waals surface area contributed by atoms with Gasteiger partial charge in [0, 0.05) is 13.0 Å². The van der Waals surface area contributed by atoms with Gasteiger partial charge in [0.15, 0.2) is 0 Å². The highest BCUT2D eigenvalue weighted by atomic mass is 16.5. The molecule has 1 atom stereocenters. The second-order valence-corrected chi connectivity index (χ2v) is 9.14. The van der Waals surface area contributed by atoms with Crippen molar-refractivity contribution in [3.05, 3.63) is 95.3 Å². The molecule has 5 heteroatoms. The first-order valence-corrected chi connectivity index (χ1v) is 12.5. The Morgan fingerprint density at radius 1 is 0.971 bits per heavy atom. The van der Waals surface area contributed by atoms with Gasteiger partial charge in [0.05, 0.1) is 23.7 Å². The van der Waals surface area contributed by atoms with Crippen molar-refractivity contribution in [2.75, 3.05) is 6.61 Å². The molecule has 0 fully saturated rings. The van der Waals surface area contributed by atoms with Gasteiger partial charge in [-0.15, -0.1) is 0 Å². The standard InChI is InChI=1S/C30H35N3O2/c1-22-12-11-17-28(23(22)2)35-21-10-9-20-33-27-16-8-7-15-26(27)32-30(33)24(3)31-29(34)19-18-25-13-5-4-6-14-25/h4-8,11-17,24H,9-10,18-21H2,1-3H3,(H,31,34). The van der Waals surface area contributed by atoms with E-state index in [1.807, 2.05) is 55.5 Å². The van der Waals surface area contributed by atoms with Crippen LogP contribution in [-0.4, -0.2) is 22.1 Å². The zero-order valence-electron chi connectivity index (χ0n) is 21.0. The van der Waals surface area contributed by atoms with Crippen LogP contribution in [0.5, 0.6) is 5.75 Å². The first kappa shape index (κ1) is 24.5. The molecule has 1 N–H and O–H groups in total. The van der Waals surface area contributed by atoms with Gasteiger partial charge in [-0.05, 0) is 74.9 Å². The fourth-order valence-corrected chi connectivity index (χ4v) is 4.38. The molecule has 0 saturated heterocycles. The van der Waals surface area contributed by atoms with E-state index in [9.17, 15) is 4.79 Å². The Kier molecular flexibility index (Phi) is 8.19. The van der Waals surface area contributed by atoms with Crippen LogP contribution in [0.4, 0.5) is 0 Å². The molecule has 4 aromatic rings. The Bertz CT molecular complexity index is 1260. The van der Waals surface area contributed by atoms with Gasteiger partial charge in [-0.3, -0.25) is 4.79 Å². The number of hydrogen-bond acceptors (Lipinski definition) is 3. The van der Waals surface area contributed by atoms with E-state index < -0.39 is 0 Å². The van der Waals surface area contributed by atoms with Gasteiger partial charge in [-0.25, -0.2) is 4.98 Å². The number of ether oxygens (including phenoxy) is 1. The summed E-state index contributed by atoms with van der Waals surface area (Å²) in [5.74, 6) is 1.90. The van der Waals surface area contributed by atoms with Crippen molar-refractivity contribution in [3.63, 3.8) is 0 Å². The molecular weight excluding hydrogens is 434 g/mol. The Hall–Kier alpha value is -3.60. The SMILES string of the molecule is Cc1cccc(OCCCCn2c(C(C)NC(=O)CCc3ccccc3)nc3ccccc32)c1C. The van der Waals surface area contributed by atoms with E-state index >= 15 is 0 Å². The lowest BCUT2D eigenvalue weighted by molar-refractivity contribution is -0.121. The highest BCUT2D eigenvalue weighted by Gasteiger charge is 2.18. The predicted octanol–water partition coefficient (Wildman–Crippen LogP) is 6.32. The highest BCUT2D eigenvalue weighted by Crippen LogP contribution is 2.23. The van der Waals surface area contributed by atoms with E-state index in [1.165, 1.54) is 16.7 Å². The Balaban J connectivity index is 1.36. The van der Waals surface area contributed by atoms with Crippen molar-refractivity contribution in [1.82, 2.24) is 14.9 Å². The molecule has 1 unspecified atom stereocenters. The third-order valence-electron chi connectivity index (χ3n) is 6.52. The van der Waals surface area contributed by atoms with E-state index in [0.29, 0.717) is 13.0 Å². The number of carbonyl (C=O) groups is 1. The molecule has 0 spiro atoms. The normalized spacial score (nSPS) is 12.0. The number of hydrogen-bond donors (Lipinski definition) is 1. The molecule has 1 aromatic heterocycles. The van der Waals surface area contributed by atoms with Gasteiger partial charge in [0.1, 0.15) is 11.6 Å². The van der Waals surface area contributed by atoms with Gasteiger partial charge in [-0.1, -0.05) is 54.6 Å². The summed E-state index contributed by atoms with van der Waals surface area (Å²) in [6.45, 7) is 7.73. The first-order chi connectivity index (χ1) is 17.0. The minimum atomic E-state index is -0.170. The third kappa shape index (κ3) is 6.30. The van der Waals surface area contributed by atoms with Crippen LogP contribution < -0.4 is 10.1 Å². The van der Waals surface area contributed by atoms with Crippen molar-refractivity contribution in [2.24, 2.45) is 0 Å². The maximum absolute atomic E-state index is 12.6. The Morgan fingerprint density at radius 2 is 1.74 bits per heavy atom. The maximum atomic E-state index is 12.6. The zero-order valence-corrected chi connectivity index (χ0v) is 21.0. The fourth-order valence-electron chi connectivity index (χ4n) is 4.38. The average Bonchev–Trinajstić information content (AvgIpc) is 3.24. The summed E-state index contributed by atoms with van der Waals surface area (Å²) in [5, 5.41) is 3.16. The molecule has 4 rings (SSSR count). The fraction of sp³-hybridized carbons (Fsp3) is 0.333. The van der Waals surface area contributed by atoms with Gasteiger partial charge in [0.25, 0.3) is 0 Å². The van der Waals surface area contributed by atoms with E-state index in [4.69, 9.17) is 9.72 Å². The number of amides is 1. The van der Waals surface area contributed by atoms with Crippen LogP contribution in [0, 0.1) is 13.8 Å². The van der Waals surface area contributed by atoms with Crippen molar-refractivity contribution >= 4 is 16.9 Å². The number of imidazole rings is 1. The lowest BCUT2D eigenvalue weighted by Gasteiger charge is -2.17. The lowest BCUT2D eigenvalue weighted by atomic mass is 10.1. The van der Waals surface area contributed by atoms with E-state index in [-0.39, 0.29) is 11.9 Å². The zero-order chi connectivity index (χ0) is 24.6. The number of aryl methyl sites for hydroxylation is 3. The molecule has 0 aliphatic rings. The molecule has 0 aliphatic heterocycles. The van der Waals surface area contributed by atoms with Crippen molar-refractivity contribution in [2.45, 2.75) is 59.0 Å². The number of para-hydroxylation sites is 2. The summed E-state index contributed by atoms with van der Waals surface area (Å²) in [4.78, 5) is 17.5. The van der Waals surface area contributed by atoms with E-state index in [1.54, 1.807) is 0 Å². The average molecular weight is 470 g/mol. The molecule has 0 saturated carbocycles. The molecule has 3 aromatic carbocycles. The van der Waals surface area contributed by atoms with Crippen LogP contribution in [0.1, 0.15) is 54.7 Å². The van der Waals surface area contributed by atoms with Crippen LogP contribution in [0.3, 0.4) is 0 Å². The van der Waals surface area contributed by atoms with Crippen LogP contribution >= 0.6 is 0 Å². The summed E-state index contributed by atoms with van der Waals surface area (Å²) in [7, 11) is 0. The third-order valence-corrected chi connectivity index (χ3v) is 6.52. The molecule has 35 heavy (non-hydrogen) atoms. The molecular formula is C30H35N3O2. The molecule has 0 aliphatic carbocycles. The summed E-state index contributed by atoms with van der Waals surface area (Å²) in [6.07, 6.45) is 3.10. The maximum Gasteiger partial charge on any atom is 0.220 e. The second kappa shape index (κ2) is 11.7. The van der Waals surface area contributed by atoms with Crippen molar-refractivity contribution in [3.8, 4) is 5.75 Å². The minimum absolute atomic E-state index is 0.0434. The number of benzene rings is 3. The van der Waals surface area contributed by atoms with Crippen LogP contribution in [0.15, 0.2) is 72.8 Å². The highest BCUT2D eigenvalue weighted by molar-refractivity contribution is 5.78. The topological polar surface area (TPSA) is 56.1 Å². The van der Waals surface area contributed by atoms with E-state index in [2.05, 4.69) is 48.0 Å². The van der Waals surface area contributed by atoms with Gasteiger partial charge in [0.2, 0.25) is 5.91 Å². The predicted molar refractivity (Wildman–Crippen MR) is 142 cm³/mol. The van der Waals surface area contributed by atoms with Gasteiger partial charge < -0.3 is 14.6 Å². The van der Waals surface area contributed by atoms with E-state index in [0.717, 1.165) is 48.4 Å². The molecule has 0 bridgehead atoms. The summed E-state index contributed by atoms with van der Waals surface area (Å²) < 4.78 is 8.28. The summed E-state index contributed by atoms with van der Waals surface area (Å²) in [6, 6.07) is 24.3. The van der Waals surface area contributed by atoms with Crippen molar-refractivity contribution in [1.29, 1.82) is 0 Å². The van der Waals surface area contributed by atoms with Gasteiger partial charge >= 0.3 is 0 Å². The van der Waals surface area contributed by atoms with Crippen LogP contribution in [0.2, 0.25) is 0 Å². The number of nitrogens with one attached hydrogen (secondary N) is 1. The molecule has 5 nitrogen and oxygen atoms in total. The number of carbonyl (C=O) groups excluding carboxylic acids is 1. The second-order valence-electron chi connectivity index (χ2n) is 9.14. The smallest absolute Gasteiger partial charge is 0.220 e. The summed E-state index contributed by atoms with van der Waals surface area (Å²) in [5.41, 5.74) is 5.68. The largest absolute Gasteiger partial charge is 0.493 e. The number of unbranched alkanes of at least 4 members (excludes halogenated alkanes) is 1. The molecule has 1 heterocycles. The quantitative estimate of drug-likeness (QED) is 0.261. The summed E-state index contributed by atoms with van der Waals surface area (Å²) >= 11 is 0. The number of nitrogens with zero attached hydrogens (tertiary/aromatic N) is 2. The number of aromatic nitrogens is 2. The molecule has 0 radical (unpaired) electrons. The molecule has 182 valence electrons. The van der Waals surface area contributed by atoms with Gasteiger partial charge in [-0.2, -0.15) is 0 Å². The Morgan fingerprint density at radius 3 is 2.57 bits per heavy atom. The monoisotopic (exact) mass is 469 g/mol. The molecule has 1 amide bonds. The van der Waals surface area contributed by atoms with Crippen molar-refractivity contribution < 1.29 is 9.53 Å². The Labute approximate surface area is 208 Å². The number of fused-ring (bicyclic) bond motifs is 1. The lowest BCUT2D eigenvalue weighted by Crippen LogP contribution is -2.29.